The Morgan fingerprint density at radius 3 is 3.00 bits per heavy atom. The van der Waals surface area contributed by atoms with Gasteiger partial charge in [-0.2, -0.15) is 0 Å². The molecule has 1 unspecified atom stereocenters. The number of aromatic nitrogens is 1. The van der Waals surface area contributed by atoms with Crippen LogP contribution in [-0.4, -0.2) is 36.7 Å². The fourth-order valence-electron chi connectivity index (χ4n) is 2.21. The van der Waals surface area contributed by atoms with E-state index in [2.05, 4.69) is 22.5 Å². The second kappa shape index (κ2) is 7.85. The Kier molecular flexibility index (Phi) is 5.80. The molecule has 0 radical (unpaired) electrons. The lowest BCUT2D eigenvalue weighted by molar-refractivity contribution is 0.0903. The molecule has 110 valence electrons. The summed E-state index contributed by atoms with van der Waals surface area (Å²) in [7, 11) is 0. The number of nitrogens with zero attached hydrogens (tertiary/aromatic N) is 1. The van der Waals surface area contributed by atoms with E-state index in [0.29, 0.717) is 18.3 Å². The molecular weight excluding hydrogens is 254 g/mol. The lowest BCUT2D eigenvalue weighted by atomic mass is 10.2. The zero-order chi connectivity index (χ0) is 14.2. The quantitative estimate of drug-likeness (QED) is 0.802. The smallest absolute Gasteiger partial charge is 0.269 e. The summed E-state index contributed by atoms with van der Waals surface area (Å²) in [4.78, 5) is 16.1. The zero-order valence-corrected chi connectivity index (χ0v) is 12.0. The van der Waals surface area contributed by atoms with Gasteiger partial charge in [-0.25, -0.2) is 4.98 Å². The monoisotopic (exact) mass is 277 g/mol. The van der Waals surface area contributed by atoms with Crippen molar-refractivity contribution < 1.29 is 9.53 Å². The van der Waals surface area contributed by atoms with Crippen LogP contribution >= 0.6 is 0 Å². The Balaban J connectivity index is 1.73. The standard InChI is InChI=1S/C15H23N3O2/c1-2-8-16-12-5-6-14(18-11-12)15(19)17-9-7-13-4-3-10-20-13/h5-6,11,13,16H,2-4,7-10H2,1H3,(H,17,19). The summed E-state index contributed by atoms with van der Waals surface area (Å²) in [6, 6.07) is 3.64. The fourth-order valence-corrected chi connectivity index (χ4v) is 2.21. The van der Waals surface area contributed by atoms with E-state index < -0.39 is 0 Å². The molecule has 0 spiro atoms. The molecule has 1 fully saturated rings. The molecule has 1 saturated heterocycles. The third-order valence-corrected chi connectivity index (χ3v) is 3.35. The van der Waals surface area contributed by atoms with Crippen LogP contribution in [0.3, 0.4) is 0 Å². The minimum absolute atomic E-state index is 0.120. The first-order valence-electron chi connectivity index (χ1n) is 7.39. The van der Waals surface area contributed by atoms with Crippen LogP contribution in [0.1, 0.15) is 43.1 Å². The van der Waals surface area contributed by atoms with Crippen LogP contribution in [0, 0.1) is 0 Å². The summed E-state index contributed by atoms with van der Waals surface area (Å²) in [6.07, 6.45) is 6.18. The summed E-state index contributed by atoms with van der Waals surface area (Å²) >= 11 is 0. The number of carbonyl (C=O) groups is 1. The van der Waals surface area contributed by atoms with Crippen molar-refractivity contribution in [2.24, 2.45) is 0 Å². The molecular formula is C15H23N3O2. The molecule has 20 heavy (non-hydrogen) atoms. The van der Waals surface area contributed by atoms with Gasteiger partial charge < -0.3 is 15.4 Å². The Morgan fingerprint density at radius 1 is 1.45 bits per heavy atom. The minimum Gasteiger partial charge on any atom is -0.384 e. The molecule has 2 N–H and O–H groups in total. The van der Waals surface area contributed by atoms with Crippen LogP contribution < -0.4 is 10.6 Å². The molecule has 0 aromatic carbocycles. The van der Waals surface area contributed by atoms with Gasteiger partial charge in [-0.1, -0.05) is 6.92 Å². The Morgan fingerprint density at radius 2 is 2.35 bits per heavy atom. The number of carbonyl (C=O) groups excluding carboxylic acids is 1. The molecule has 1 amide bonds. The molecule has 2 heterocycles. The van der Waals surface area contributed by atoms with Crippen LogP contribution in [0.25, 0.3) is 0 Å². The van der Waals surface area contributed by atoms with E-state index >= 15 is 0 Å². The van der Waals surface area contributed by atoms with Gasteiger partial charge in [0.1, 0.15) is 5.69 Å². The summed E-state index contributed by atoms with van der Waals surface area (Å²) < 4.78 is 5.52. The second-order valence-electron chi connectivity index (χ2n) is 5.04. The summed E-state index contributed by atoms with van der Waals surface area (Å²) in [6.45, 7) is 4.51. The van der Waals surface area contributed by atoms with Crippen LogP contribution in [-0.2, 0) is 4.74 Å². The van der Waals surface area contributed by atoms with Gasteiger partial charge in [-0.3, -0.25) is 4.79 Å². The Bertz CT molecular complexity index is 414. The van der Waals surface area contributed by atoms with Crippen molar-refractivity contribution in [3.8, 4) is 0 Å². The SMILES string of the molecule is CCCNc1ccc(C(=O)NCCC2CCCO2)nc1. The number of hydrogen-bond donors (Lipinski definition) is 2. The molecule has 2 rings (SSSR count). The first-order valence-corrected chi connectivity index (χ1v) is 7.39. The molecule has 1 aliphatic rings. The van der Waals surface area contributed by atoms with Gasteiger partial charge in [0, 0.05) is 19.7 Å². The van der Waals surface area contributed by atoms with Gasteiger partial charge in [0.2, 0.25) is 0 Å². The predicted molar refractivity (Wildman–Crippen MR) is 78.9 cm³/mol. The highest BCUT2D eigenvalue weighted by Crippen LogP contribution is 2.14. The molecule has 1 aromatic heterocycles. The predicted octanol–water partition coefficient (Wildman–Crippen LogP) is 2.20. The lowest BCUT2D eigenvalue weighted by Crippen LogP contribution is -2.27. The van der Waals surface area contributed by atoms with Gasteiger partial charge in [0.05, 0.1) is 18.0 Å². The fraction of sp³-hybridized carbons (Fsp3) is 0.600. The zero-order valence-electron chi connectivity index (χ0n) is 12.0. The van der Waals surface area contributed by atoms with E-state index in [1.807, 2.05) is 6.07 Å². The molecule has 1 atom stereocenters. The van der Waals surface area contributed by atoms with Crippen LogP contribution in [0.4, 0.5) is 5.69 Å². The lowest BCUT2D eigenvalue weighted by Gasteiger charge is -2.10. The van der Waals surface area contributed by atoms with Gasteiger partial charge in [0.25, 0.3) is 5.91 Å². The van der Waals surface area contributed by atoms with E-state index in [9.17, 15) is 4.79 Å². The van der Waals surface area contributed by atoms with Crippen molar-refractivity contribution >= 4 is 11.6 Å². The van der Waals surface area contributed by atoms with Gasteiger partial charge in [-0.15, -0.1) is 0 Å². The van der Waals surface area contributed by atoms with E-state index in [1.54, 1.807) is 12.3 Å². The molecule has 0 saturated carbocycles. The summed E-state index contributed by atoms with van der Waals surface area (Å²) in [5.74, 6) is -0.120. The van der Waals surface area contributed by atoms with Crippen LogP contribution in [0.5, 0.6) is 0 Å². The largest absolute Gasteiger partial charge is 0.384 e. The number of anilines is 1. The number of ether oxygens (including phenoxy) is 1. The number of amides is 1. The van der Waals surface area contributed by atoms with E-state index in [1.165, 1.54) is 0 Å². The van der Waals surface area contributed by atoms with E-state index in [4.69, 9.17) is 4.74 Å². The molecule has 1 aliphatic heterocycles. The molecule has 0 aliphatic carbocycles. The van der Waals surface area contributed by atoms with Crippen molar-refractivity contribution in [3.05, 3.63) is 24.0 Å². The highest BCUT2D eigenvalue weighted by atomic mass is 16.5. The third-order valence-electron chi connectivity index (χ3n) is 3.35. The van der Waals surface area contributed by atoms with Crippen molar-refractivity contribution in [2.45, 2.75) is 38.7 Å². The average molecular weight is 277 g/mol. The number of nitrogens with one attached hydrogen (secondary N) is 2. The van der Waals surface area contributed by atoms with E-state index in [0.717, 1.165) is 44.5 Å². The van der Waals surface area contributed by atoms with Crippen molar-refractivity contribution in [1.82, 2.24) is 10.3 Å². The molecule has 1 aromatic rings. The minimum atomic E-state index is -0.120. The summed E-state index contributed by atoms with van der Waals surface area (Å²) in [5, 5.41) is 6.12. The third kappa shape index (κ3) is 4.49. The van der Waals surface area contributed by atoms with Crippen molar-refractivity contribution in [3.63, 3.8) is 0 Å². The first kappa shape index (κ1) is 14.8. The molecule has 5 heteroatoms. The number of pyridine rings is 1. The van der Waals surface area contributed by atoms with Gasteiger partial charge in [0.15, 0.2) is 0 Å². The van der Waals surface area contributed by atoms with Gasteiger partial charge >= 0.3 is 0 Å². The van der Waals surface area contributed by atoms with Gasteiger partial charge in [-0.05, 0) is 37.8 Å². The van der Waals surface area contributed by atoms with Crippen LogP contribution in [0.2, 0.25) is 0 Å². The Labute approximate surface area is 120 Å². The first-order chi connectivity index (χ1) is 9.79. The molecule has 0 bridgehead atoms. The maximum absolute atomic E-state index is 11.9. The number of rotatable bonds is 7. The van der Waals surface area contributed by atoms with Crippen LogP contribution in [0.15, 0.2) is 18.3 Å². The average Bonchev–Trinajstić information content (AvgIpc) is 2.99. The highest BCUT2D eigenvalue weighted by molar-refractivity contribution is 5.92. The van der Waals surface area contributed by atoms with E-state index in [-0.39, 0.29) is 5.91 Å². The summed E-state index contributed by atoms with van der Waals surface area (Å²) in [5.41, 5.74) is 1.40. The van der Waals surface area contributed by atoms with Crippen molar-refractivity contribution in [1.29, 1.82) is 0 Å². The topological polar surface area (TPSA) is 63.2 Å². The maximum Gasteiger partial charge on any atom is 0.269 e. The second-order valence-corrected chi connectivity index (χ2v) is 5.04. The maximum atomic E-state index is 11.9. The normalized spacial score (nSPS) is 17.9. The highest BCUT2D eigenvalue weighted by Gasteiger charge is 2.15. The molecule has 5 nitrogen and oxygen atoms in total. The number of hydrogen-bond acceptors (Lipinski definition) is 4. The van der Waals surface area contributed by atoms with Crippen molar-refractivity contribution in [2.75, 3.05) is 25.0 Å². The Hall–Kier alpha value is -1.62.